The molecular formula is C23H30Cl2N2O4. The van der Waals surface area contributed by atoms with E-state index < -0.39 is 12.1 Å². The lowest BCUT2D eigenvalue weighted by Gasteiger charge is -2.14. The minimum Gasteiger partial charge on any atom is -0.494 e. The Kier molecular flexibility index (Phi) is 10.9. The van der Waals surface area contributed by atoms with E-state index in [2.05, 4.69) is 5.32 Å². The minimum absolute atomic E-state index is 0.00371. The zero-order valence-electron chi connectivity index (χ0n) is 17.4. The first-order valence-electron chi connectivity index (χ1n) is 10.4. The molecule has 0 amide bonds. The second-order valence-corrected chi connectivity index (χ2v) is 8.27. The van der Waals surface area contributed by atoms with Gasteiger partial charge in [-0.05, 0) is 54.8 Å². The summed E-state index contributed by atoms with van der Waals surface area (Å²) in [6, 6.07) is 10.5. The molecule has 2 rings (SSSR count). The first-order valence-corrected chi connectivity index (χ1v) is 11.2. The molecule has 31 heavy (non-hydrogen) atoms. The van der Waals surface area contributed by atoms with Gasteiger partial charge in [0.15, 0.2) is 0 Å². The van der Waals surface area contributed by atoms with Gasteiger partial charge in [0.05, 0.1) is 34.9 Å². The van der Waals surface area contributed by atoms with Crippen molar-refractivity contribution in [2.24, 2.45) is 0 Å². The lowest BCUT2D eigenvalue weighted by atomic mass is 10.1. The predicted octanol–water partition coefficient (Wildman–Crippen LogP) is 4.86. The number of carboxylic acids is 1. The van der Waals surface area contributed by atoms with Crippen LogP contribution in [-0.2, 0) is 11.2 Å². The summed E-state index contributed by atoms with van der Waals surface area (Å²) < 4.78 is 5.71. The van der Waals surface area contributed by atoms with E-state index in [4.69, 9.17) is 38.8 Å². The number of aliphatic hydroxyl groups excluding tert-OH is 1. The van der Waals surface area contributed by atoms with E-state index in [1.165, 1.54) is 0 Å². The van der Waals surface area contributed by atoms with E-state index in [9.17, 15) is 9.90 Å². The van der Waals surface area contributed by atoms with Crippen LogP contribution in [0.15, 0.2) is 36.4 Å². The minimum atomic E-state index is -0.847. The maximum atomic E-state index is 10.8. The third-order valence-corrected chi connectivity index (χ3v) is 5.47. The summed E-state index contributed by atoms with van der Waals surface area (Å²) in [7, 11) is 0. The summed E-state index contributed by atoms with van der Waals surface area (Å²) in [5.74, 6) is -0.134. The molecule has 0 spiro atoms. The molecule has 1 atom stereocenters. The van der Waals surface area contributed by atoms with Crippen molar-refractivity contribution in [1.29, 1.82) is 0 Å². The van der Waals surface area contributed by atoms with E-state index in [1.807, 2.05) is 12.1 Å². The first kappa shape index (κ1) is 25.3. The fraction of sp³-hybridized carbons (Fsp3) is 0.435. The predicted molar refractivity (Wildman–Crippen MR) is 125 cm³/mol. The summed E-state index contributed by atoms with van der Waals surface area (Å²) in [6.07, 6.45) is 4.56. The van der Waals surface area contributed by atoms with Crippen LogP contribution in [0.3, 0.4) is 0 Å². The number of anilines is 1. The van der Waals surface area contributed by atoms with Gasteiger partial charge < -0.3 is 26.0 Å². The van der Waals surface area contributed by atoms with Crippen molar-refractivity contribution in [3.05, 3.63) is 57.6 Å². The molecule has 170 valence electrons. The quantitative estimate of drug-likeness (QED) is 0.233. The molecule has 2 aromatic rings. The highest BCUT2D eigenvalue weighted by Crippen LogP contribution is 2.31. The van der Waals surface area contributed by atoms with Gasteiger partial charge in [0.25, 0.3) is 0 Å². The van der Waals surface area contributed by atoms with Crippen LogP contribution >= 0.6 is 23.2 Å². The van der Waals surface area contributed by atoms with Gasteiger partial charge in [0.2, 0.25) is 0 Å². The average molecular weight is 469 g/mol. The SMILES string of the molecule is Nc1c(Cl)cc(C(O)CNCCCCCCCOc2cccc(CC(=O)O)c2)cc1Cl. The zero-order chi connectivity index (χ0) is 22.6. The molecule has 1 unspecified atom stereocenters. The summed E-state index contributed by atoms with van der Waals surface area (Å²) >= 11 is 12.0. The third-order valence-electron chi connectivity index (χ3n) is 4.84. The molecule has 0 heterocycles. The van der Waals surface area contributed by atoms with E-state index in [0.29, 0.717) is 40.2 Å². The highest BCUT2D eigenvalue weighted by atomic mass is 35.5. The van der Waals surface area contributed by atoms with Crippen molar-refractivity contribution in [1.82, 2.24) is 5.32 Å². The number of halogens is 2. The summed E-state index contributed by atoms with van der Waals surface area (Å²) in [5, 5.41) is 23.0. The van der Waals surface area contributed by atoms with Gasteiger partial charge in [-0.3, -0.25) is 4.79 Å². The molecule has 0 saturated heterocycles. The van der Waals surface area contributed by atoms with Gasteiger partial charge in [-0.1, -0.05) is 54.6 Å². The van der Waals surface area contributed by atoms with E-state index >= 15 is 0 Å². The van der Waals surface area contributed by atoms with Crippen LogP contribution in [0.4, 0.5) is 5.69 Å². The van der Waals surface area contributed by atoms with Crippen LogP contribution in [0.25, 0.3) is 0 Å². The summed E-state index contributed by atoms with van der Waals surface area (Å²) in [5.41, 5.74) is 7.42. The highest BCUT2D eigenvalue weighted by Gasteiger charge is 2.12. The molecule has 0 saturated carbocycles. The van der Waals surface area contributed by atoms with Crippen molar-refractivity contribution in [2.75, 3.05) is 25.4 Å². The number of unbranched alkanes of at least 4 members (excludes halogenated alkanes) is 4. The number of benzene rings is 2. The Morgan fingerprint density at radius 1 is 1.06 bits per heavy atom. The normalized spacial score (nSPS) is 12.0. The van der Waals surface area contributed by atoms with Crippen molar-refractivity contribution in [3.63, 3.8) is 0 Å². The number of nitrogen functional groups attached to an aromatic ring is 1. The Labute approximate surface area is 193 Å². The molecule has 0 radical (unpaired) electrons. The van der Waals surface area contributed by atoms with E-state index in [-0.39, 0.29) is 6.42 Å². The standard InChI is InChI=1S/C23H30Cl2N2O4/c24-19-13-17(14-20(25)23(19)26)21(28)15-27-9-4-2-1-3-5-10-31-18-8-6-7-16(11-18)12-22(29)30/h6-8,11,13-14,21,27-28H,1-5,9-10,12,15,26H2,(H,29,30). The number of hydrogen-bond donors (Lipinski definition) is 4. The topological polar surface area (TPSA) is 105 Å². The number of carbonyl (C=O) groups is 1. The van der Waals surface area contributed by atoms with Gasteiger partial charge >= 0.3 is 5.97 Å². The number of nitrogens with two attached hydrogens (primary N) is 1. The number of rotatable bonds is 14. The molecule has 5 N–H and O–H groups in total. The number of ether oxygens (including phenoxy) is 1. The lowest BCUT2D eigenvalue weighted by molar-refractivity contribution is -0.136. The smallest absolute Gasteiger partial charge is 0.307 e. The first-order chi connectivity index (χ1) is 14.9. The highest BCUT2D eigenvalue weighted by molar-refractivity contribution is 6.38. The second-order valence-electron chi connectivity index (χ2n) is 7.45. The molecule has 0 bridgehead atoms. The molecular weight excluding hydrogens is 439 g/mol. The Balaban J connectivity index is 1.51. The van der Waals surface area contributed by atoms with E-state index in [1.54, 1.807) is 24.3 Å². The average Bonchev–Trinajstić information content (AvgIpc) is 2.72. The van der Waals surface area contributed by atoms with E-state index in [0.717, 1.165) is 44.2 Å². The molecule has 8 heteroatoms. The number of aliphatic hydroxyl groups is 1. The number of nitrogens with one attached hydrogen (secondary N) is 1. The molecule has 0 aliphatic carbocycles. The van der Waals surface area contributed by atoms with Crippen molar-refractivity contribution in [3.8, 4) is 5.75 Å². The third kappa shape index (κ3) is 9.35. The second kappa shape index (κ2) is 13.4. The zero-order valence-corrected chi connectivity index (χ0v) is 19.0. The Morgan fingerprint density at radius 2 is 1.74 bits per heavy atom. The number of carboxylic acid groups (broad SMARTS) is 1. The maximum Gasteiger partial charge on any atom is 0.307 e. The van der Waals surface area contributed by atoms with Gasteiger partial charge in [-0.2, -0.15) is 0 Å². The van der Waals surface area contributed by atoms with Gasteiger partial charge in [-0.15, -0.1) is 0 Å². The fourth-order valence-corrected chi connectivity index (χ4v) is 3.65. The van der Waals surface area contributed by atoms with Gasteiger partial charge in [0.1, 0.15) is 5.75 Å². The van der Waals surface area contributed by atoms with Gasteiger partial charge in [-0.25, -0.2) is 0 Å². The van der Waals surface area contributed by atoms with Crippen LogP contribution in [0.2, 0.25) is 10.0 Å². The van der Waals surface area contributed by atoms with Gasteiger partial charge in [0, 0.05) is 6.54 Å². The van der Waals surface area contributed by atoms with Crippen molar-refractivity contribution in [2.45, 2.75) is 44.6 Å². The molecule has 6 nitrogen and oxygen atoms in total. The van der Waals surface area contributed by atoms with Crippen LogP contribution < -0.4 is 15.8 Å². The van der Waals surface area contributed by atoms with Crippen molar-refractivity contribution >= 4 is 34.9 Å². The number of aliphatic carboxylic acids is 1. The molecule has 0 aliphatic rings. The molecule has 0 aromatic heterocycles. The number of hydrogen-bond acceptors (Lipinski definition) is 5. The van der Waals surface area contributed by atoms with Crippen LogP contribution in [0.1, 0.15) is 49.3 Å². The molecule has 0 fully saturated rings. The molecule has 2 aromatic carbocycles. The fourth-order valence-electron chi connectivity index (χ4n) is 3.15. The van der Waals surface area contributed by atoms with Crippen LogP contribution in [0.5, 0.6) is 5.75 Å². The monoisotopic (exact) mass is 468 g/mol. The molecule has 0 aliphatic heterocycles. The largest absolute Gasteiger partial charge is 0.494 e. The Morgan fingerprint density at radius 3 is 2.45 bits per heavy atom. The van der Waals surface area contributed by atoms with Crippen molar-refractivity contribution < 1.29 is 19.7 Å². The Hall–Kier alpha value is -1.99. The van der Waals surface area contributed by atoms with Crippen LogP contribution in [-0.4, -0.2) is 35.9 Å². The van der Waals surface area contributed by atoms with Crippen LogP contribution in [0, 0.1) is 0 Å². The maximum absolute atomic E-state index is 10.8. The lowest BCUT2D eigenvalue weighted by Crippen LogP contribution is -2.22. The summed E-state index contributed by atoms with van der Waals surface area (Å²) in [6.45, 7) is 1.86. The Bertz CT molecular complexity index is 825. The summed E-state index contributed by atoms with van der Waals surface area (Å²) in [4.78, 5) is 10.8.